The summed E-state index contributed by atoms with van der Waals surface area (Å²) in [5.74, 6) is -7.06. The van der Waals surface area contributed by atoms with Gasteiger partial charge in [-0.05, 0) is 73.0 Å². The van der Waals surface area contributed by atoms with Gasteiger partial charge in [-0.2, -0.15) is 0 Å². The van der Waals surface area contributed by atoms with Gasteiger partial charge in [0.15, 0.2) is 11.5 Å². The number of carbonyl (C=O) groups excluding carboxylic acids is 4. The number of aliphatic hydroxyl groups is 1. The maximum absolute atomic E-state index is 13.3. The zero-order valence-electron chi connectivity index (χ0n) is 26.2. The monoisotopic (exact) mass is 689 g/mol. The smallest absolute Gasteiger partial charge is 0.431 e. The highest BCUT2D eigenvalue weighted by atomic mass is 35.5. The van der Waals surface area contributed by atoms with Gasteiger partial charge in [-0.1, -0.05) is 66.2 Å². The Morgan fingerprint density at radius 1 is 0.735 bits per heavy atom. The SMILES string of the molecule is C[C@H](Cc1ccc2c(c1)OC(C(=O)OCOC(=O)c1ccccc1)(C(=O)OCOC(=O)c1ccccc1)O2)NC[C@H](O)c1cccc(Cl)c1. The van der Waals surface area contributed by atoms with E-state index in [0.29, 0.717) is 17.0 Å². The molecular weight excluding hydrogens is 658 g/mol. The minimum atomic E-state index is -2.80. The van der Waals surface area contributed by atoms with Crippen molar-refractivity contribution in [1.29, 1.82) is 0 Å². The Labute approximate surface area is 286 Å². The lowest BCUT2D eigenvalue weighted by molar-refractivity contribution is -0.210. The van der Waals surface area contributed by atoms with Crippen molar-refractivity contribution in [2.75, 3.05) is 20.1 Å². The molecule has 1 heterocycles. The normalized spacial score (nSPS) is 13.9. The van der Waals surface area contributed by atoms with Gasteiger partial charge in [-0.15, -0.1) is 0 Å². The predicted molar refractivity (Wildman–Crippen MR) is 174 cm³/mol. The molecule has 1 aliphatic heterocycles. The summed E-state index contributed by atoms with van der Waals surface area (Å²) in [6.45, 7) is 0.435. The predicted octanol–water partition coefficient (Wildman–Crippen LogP) is 4.78. The van der Waals surface area contributed by atoms with Gasteiger partial charge in [-0.3, -0.25) is 0 Å². The quantitative estimate of drug-likeness (QED) is 0.106. The molecule has 13 heteroatoms. The van der Waals surface area contributed by atoms with Crippen molar-refractivity contribution in [2.45, 2.75) is 31.3 Å². The van der Waals surface area contributed by atoms with Gasteiger partial charge in [0.1, 0.15) is 0 Å². The first-order valence-electron chi connectivity index (χ1n) is 15.1. The maximum Gasteiger partial charge on any atom is 0.453 e. The van der Waals surface area contributed by atoms with Crippen molar-refractivity contribution >= 4 is 35.5 Å². The fourth-order valence-electron chi connectivity index (χ4n) is 4.77. The zero-order valence-corrected chi connectivity index (χ0v) is 27.0. The molecule has 254 valence electrons. The first-order valence-corrected chi connectivity index (χ1v) is 15.5. The summed E-state index contributed by atoms with van der Waals surface area (Å²) in [6.07, 6.45) is -0.319. The molecule has 4 aromatic rings. The molecule has 2 N–H and O–H groups in total. The van der Waals surface area contributed by atoms with E-state index in [9.17, 15) is 24.3 Å². The summed E-state index contributed by atoms with van der Waals surface area (Å²) in [6, 6.07) is 27.6. The third-order valence-electron chi connectivity index (χ3n) is 7.27. The Balaban J connectivity index is 1.24. The minimum absolute atomic E-state index is 0.0252. The standard InChI is InChI=1S/C36H32ClNO11/c1-23(38-20-29(39)27-13-8-14-28(37)19-27)17-24-15-16-30-31(18-24)49-36(48-30,34(42)46-21-44-32(40)25-9-4-2-5-10-25)35(43)47-22-45-33(41)26-11-6-3-7-12-26/h2-16,18-19,23,29,38-39H,17,20-22H2,1H3/t23-,29+/m1/s1. The van der Waals surface area contributed by atoms with Crippen LogP contribution in [0.1, 0.15) is 44.9 Å². The zero-order chi connectivity index (χ0) is 34.8. The lowest BCUT2D eigenvalue weighted by atomic mass is 10.1. The van der Waals surface area contributed by atoms with Crippen molar-refractivity contribution < 1.29 is 52.7 Å². The molecule has 4 aromatic carbocycles. The van der Waals surface area contributed by atoms with Gasteiger partial charge in [0, 0.05) is 17.6 Å². The Morgan fingerprint density at radius 2 is 1.31 bits per heavy atom. The molecule has 0 spiro atoms. The van der Waals surface area contributed by atoms with Gasteiger partial charge in [0.2, 0.25) is 13.6 Å². The van der Waals surface area contributed by atoms with Crippen molar-refractivity contribution in [2.24, 2.45) is 0 Å². The van der Waals surface area contributed by atoms with Crippen LogP contribution in [0, 0.1) is 0 Å². The van der Waals surface area contributed by atoms with Crippen LogP contribution in [0.25, 0.3) is 0 Å². The van der Waals surface area contributed by atoms with Crippen LogP contribution < -0.4 is 14.8 Å². The molecule has 0 aliphatic carbocycles. The summed E-state index contributed by atoms with van der Waals surface area (Å²) in [7, 11) is 0. The molecule has 49 heavy (non-hydrogen) atoms. The molecule has 0 radical (unpaired) electrons. The van der Waals surface area contributed by atoms with Gasteiger partial charge in [0.25, 0.3) is 0 Å². The van der Waals surface area contributed by atoms with Crippen LogP contribution in [-0.2, 0) is 35.0 Å². The Bertz CT molecular complexity index is 1710. The van der Waals surface area contributed by atoms with Gasteiger partial charge >= 0.3 is 29.7 Å². The largest absolute Gasteiger partial charge is 0.453 e. The summed E-state index contributed by atoms with van der Waals surface area (Å²) < 4.78 is 31.6. The molecule has 0 saturated carbocycles. The summed E-state index contributed by atoms with van der Waals surface area (Å²) >= 11 is 6.03. The first-order chi connectivity index (χ1) is 23.6. The van der Waals surface area contributed by atoms with Crippen LogP contribution in [0.4, 0.5) is 0 Å². The number of ether oxygens (including phenoxy) is 6. The van der Waals surface area contributed by atoms with Crippen LogP contribution in [0.15, 0.2) is 103 Å². The number of rotatable bonds is 14. The summed E-state index contributed by atoms with van der Waals surface area (Å²) in [4.78, 5) is 51.3. The van der Waals surface area contributed by atoms with E-state index in [1.807, 2.05) is 6.92 Å². The summed E-state index contributed by atoms with van der Waals surface area (Å²) in [5.41, 5.74) is 1.84. The Morgan fingerprint density at radius 3 is 1.88 bits per heavy atom. The topological polar surface area (TPSA) is 156 Å². The number of carbonyl (C=O) groups is 4. The fraction of sp³-hybridized carbons (Fsp3) is 0.222. The van der Waals surface area contributed by atoms with Crippen molar-refractivity contribution in [3.05, 3.63) is 130 Å². The van der Waals surface area contributed by atoms with E-state index >= 15 is 0 Å². The number of esters is 4. The molecule has 12 nitrogen and oxygen atoms in total. The number of halogens is 1. The maximum atomic E-state index is 13.3. The summed E-state index contributed by atoms with van der Waals surface area (Å²) in [5, 5.41) is 14.3. The lowest BCUT2D eigenvalue weighted by Gasteiger charge is -2.22. The number of benzene rings is 4. The van der Waals surface area contributed by atoms with Gasteiger partial charge in [-0.25, -0.2) is 19.2 Å². The molecule has 5 rings (SSSR count). The van der Waals surface area contributed by atoms with E-state index in [-0.39, 0.29) is 35.2 Å². The van der Waals surface area contributed by atoms with E-state index < -0.39 is 49.4 Å². The second kappa shape index (κ2) is 16.1. The van der Waals surface area contributed by atoms with Crippen molar-refractivity contribution in [1.82, 2.24) is 5.32 Å². The second-order valence-electron chi connectivity index (χ2n) is 10.9. The highest BCUT2D eigenvalue weighted by molar-refractivity contribution is 6.30. The molecule has 0 fully saturated rings. The van der Waals surface area contributed by atoms with E-state index in [4.69, 9.17) is 40.0 Å². The molecule has 0 unspecified atom stereocenters. The Kier molecular flexibility index (Phi) is 11.5. The second-order valence-corrected chi connectivity index (χ2v) is 11.3. The third kappa shape index (κ3) is 8.93. The third-order valence-corrected chi connectivity index (χ3v) is 7.50. The minimum Gasteiger partial charge on any atom is -0.431 e. The number of aliphatic hydroxyl groups excluding tert-OH is 1. The molecular formula is C36H32ClNO11. The average Bonchev–Trinajstić information content (AvgIpc) is 3.51. The number of hydrogen-bond acceptors (Lipinski definition) is 12. The van der Waals surface area contributed by atoms with Crippen LogP contribution in [0.3, 0.4) is 0 Å². The number of nitrogens with one attached hydrogen (secondary N) is 1. The van der Waals surface area contributed by atoms with Crippen LogP contribution >= 0.6 is 11.6 Å². The fourth-order valence-corrected chi connectivity index (χ4v) is 4.97. The molecule has 0 amide bonds. The average molecular weight is 690 g/mol. The van der Waals surface area contributed by atoms with Crippen molar-refractivity contribution in [3.8, 4) is 11.5 Å². The lowest BCUT2D eigenvalue weighted by Crippen LogP contribution is -2.56. The first kappa shape index (κ1) is 34.9. The highest BCUT2D eigenvalue weighted by Crippen LogP contribution is 2.41. The van der Waals surface area contributed by atoms with Crippen LogP contribution in [0.5, 0.6) is 11.5 Å². The molecule has 0 aromatic heterocycles. The number of fused-ring (bicyclic) bond motifs is 1. The van der Waals surface area contributed by atoms with Gasteiger partial charge in [0.05, 0.1) is 17.2 Å². The van der Waals surface area contributed by atoms with Crippen molar-refractivity contribution in [3.63, 3.8) is 0 Å². The molecule has 2 atom stereocenters. The van der Waals surface area contributed by atoms with Crippen LogP contribution in [0.2, 0.25) is 5.02 Å². The van der Waals surface area contributed by atoms with Crippen LogP contribution in [-0.4, -0.2) is 60.9 Å². The molecule has 0 bridgehead atoms. The highest BCUT2D eigenvalue weighted by Gasteiger charge is 2.60. The molecule has 0 saturated heterocycles. The van der Waals surface area contributed by atoms with Gasteiger partial charge < -0.3 is 38.8 Å². The van der Waals surface area contributed by atoms with E-state index in [0.717, 1.165) is 5.56 Å². The number of hydrogen-bond donors (Lipinski definition) is 2. The Hall–Kier alpha value is -5.43. The van der Waals surface area contributed by atoms with E-state index in [1.54, 1.807) is 72.8 Å². The van der Waals surface area contributed by atoms with E-state index in [1.165, 1.54) is 30.3 Å². The van der Waals surface area contributed by atoms with E-state index in [2.05, 4.69) is 5.32 Å². The molecule has 1 aliphatic rings.